The molecule has 0 atom stereocenters. The lowest BCUT2D eigenvalue weighted by Crippen LogP contribution is -2.18. The second-order valence-electron chi connectivity index (χ2n) is 4.83. The van der Waals surface area contributed by atoms with E-state index >= 15 is 0 Å². The first-order valence-electron chi connectivity index (χ1n) is 6.12. The molecule has 0 spiro atoms. The average Bonchev–Trinajstić information content (AvgIpc) is 2.53. The van der Waals surface area contributed by atoms with E-state index in [1.807, 2.05) is 6.07 Å². The minimum atomic E-state index is -0.841. The number of nitrogens with two attached hydrogens (primary N) is 1. The highest BCUT2D eigenvalue weighted by Gasteiger charge is 2.26. The lowest BCUT2D eigenvalue weighted by molar-refractivity contribution is -0.137. The first-order valence-corrected chi connectivity index (χ1v) is 6.12. The Balaban J connectivity index is 2.16. The van der Waals surface area contributed by atoms with Gasteiger partial charge < -0.3 is 15.4 Å². The van der Waals surface area contributed by atoms with Crippen molar-refractivity contribution in [2.75, 3.05) is 5.73 Å². The number of imidazole rings is 1. The van der Waals surface area contributed by atoms with E-state index in [0.29, 0.717) is 11.6 Å². The normalized spacial score (nSPS) is 15.8. The van der Waals surface area contributed by atoms with Gasteiger partial charge in [-0.3, -0.25) is 4.79 Å². The number of carbonyl (C=O) groups is 1. The molecule has 5 nitrogen and oxygen atoms in total. The molecule has 0 aliphatic heterocycles. The molecule has 1 saturated carbocycles. The van der Waals surface area contributed by atoms with E-state index in [1.54, 1.807) is 16.7 Å². The fraction of sp³-hybridized carbons (Fsp3) is 0.385. The van der Waals surface area contributed by atoms with Gasteiger partial charge in [-0.2, -0.15) is 0 Å². The summed E-state index contributed by atoms with van der Waals surface area (Å²) in [6, 6.07) is 5.44. The van der Waals surface area contributed by atoms with E-state index in [1.165, 1.54) is 6.42 Å². The van der Waals surface area contributed by atoms with Crippen LogP contribution in [-0.4, -0.2) is 20.6 Å². The maximum atomic E-state index is 11.0. The molecule has 0 unspecified atom stereocenters. The van der Waals surface area contributed by atoms with Crippen LogP contribution in [0.3, 0.4) is 0 Å². The van der Waals surface area contributed by atoms with Gasteiger partial charge in [0.2, 0.25) is 0 Å². The number of carboxylic acid groups (broad SMARTS) is 1. The summed E-state index contributed by atoms with van der Waals surface area (Å²) < 4.78 is 1.81. The number of benzene rings is 1. The molecule has 3 rings (SSSR count). The van der Waals surface area contributed by atoms with Crippen LogP contribution in [-0.2, 0) is 11.3 Å². The number of nitrogen functional groups attached to an aromatic ring is 1. The number of aliphatic carboxylic acids is 1. The van der Waals surface area contributed by atoms with Crippen molar-refractivity contribution in [2.24, 2.45) is 0 Å². The van der Waals surface area contributed by atoms with Gasteiger partial charge in [0, 0.05) is 11.6 Å². The fourth-order valence-electron chi connectivity index (χ4n) is 2.44. The standard InChI is InChI=1S/C13H15N3O2/c14-9-4-5-11-10(6-9)15-13(8-2-1-3-8)16(11)7-12(17)18/h4-6,8H,1-3,7,14H2,(H,17,18). The SMILES string of the molecule is Nc1ccc2c(c1)nc(C1CCC1)n2CC(=O)O. The summed E-state index contributed by atoms with van der Waals surface area (Å²) in [5.41, 5.74) is 8.04. The number of rotatable bonds is 3. The number of carboxylic acids is 1. The second-order valence-corrected chi connectivity index (χ2v) is 4.83. The Kier molecular flexibility index (Phi) is 2.47. The number of nitrogens with zero attached hydrogens (tertiary/aromatic N) is 2. The van der Waals surface area contributed by atoms with E-state index < -0.39 is 5.97 Å². The molecule has 0 saturated heterocycles. The zero-order valence-corrected chi connectivity index (χ0v) is 9.97. The van der Waals surface area contributed by atoms with Crippen LogP contribution in [0.5, 0.6) is 0 Å². The number of hydrogen-bond donors (Lipinski definition) is 2. The molecule has 18 heavy (non-hydrogen) atoms. The van der Waals surface area contributed by atoms with Crippen molar-refractivity contribution in [2.45, 2.75) is 31.7 Å². The molecule has 1 aromatic heterocycles. The van der Waals surface area contributed by atoms with Crippen molar-refractivity contribution in [3.05, 3.63) is 24.0 Å². The van der Waals surface area contributed by atoms with E-state index in [4.69, 9.17) is 10.8 Å². The highest BCUT2D eigenvalue weighted by molar-refractivity contribution is 5.81. The van der Waals surface area contributed by atoms with Gasteiger partial charge in [-0.15, -0.1) is 0 Å². The average molecular weight is 245 g/mol. The first-order chi connectivity index (χ1) is 8.65. The first kappa shape index (κ1) is 11.1. The van der Waals surface area contributed by atoms with E-state index in [9.17, 15) is 4.79 Å². The van der Waals surface area contributed by atoms with Gasteiger partial charge in [-0.05, 0) is 31.0 Å². The monoisotopic (exact) mass is 245 g/mol. The Morgan fingerprint density at radius 3 is 2.89 bits per heavy atom. The lowest BCUT2D eigenvalue weighted by atomic mass is 9.85. The van der Waals surface area contributed by atoms with Crippen molar-refractivity contribution in [3.63, 3.8) is 0 Å². The van der Waals surface area contributed by atoms with E-state index in [0.717, 1.165) is 29.7 Å². The summed E-state index contributed by atoms with van der Waals surface area (Å²) >= 11 is 0. The molecular weight excluding hydrogens is 230 g/mol. The minimum absolute atomic E-state index is 0.0355. The van der Waals surface area contributed by atoms with Crippen molar-refractivity contribution in [1.82, 2.24) is 9.55 Å². The number of hydrogen-bond acceptors (Lipinski definition) is 3. The van der Waals surface area contributed by atoms with Gasteiger partial charge in [-0.1, -0.05) is 6.42 Å². The van der Waals surface area contributed by atoms with Gasteiger partial charge in [0.15, 0.2) is 0 Å². The van der Waals surface area contributed by atoms with Crippen LogP contribution in [0.2, 0.25) is 0 Å². The quantitative estimate of drug-likeness (QED) is 0.810. The van der Waals surface area contributed by atoms with Gasteiger partial charge in [0.05, 0.1) is 11.0 Å². The maximum Gasteiger partial charge on any atom is 0.323 e. The molecule has 1 aliphatic rings. The summed E-state index contributed by atoms with van der Waals surface area (Å²) in [5, 5.41) is 9.02. The Morgan fingerprint density at radius 2 is 2.28 bits per heavy atom. The molecule has 0 bridgehead atoms. The molecular formula is C13H15N3O2. The van der Waals surface area contributed by atoms with E-state index in [2.05, 4.69) is 4.98 Å². The smallest absolute Gasteiger partial charge is 0.323 e. The fourth-order valence-corrected chi connectivity index (χ4v) is 2.44. The number of anilines is 1. The van der Waals surface area contributed by atoms with Gasteiger partial charge >= 0.3 is 5.97 Å². The largest absolute Gasteiger partial charge is 0.480 e. The van der Waals surface area contributed by atoms with Crippen LogP contribution in [0, 0.1) is 0 Å². The Hall–Kier alpha value is -2.04. The lowest BCUT2D eigenvalue weighted by Gasteiger charge is -2.25. The van der Waals surface area contributed by atoms with Crippen molar-refractivity contribution < 1.29 is 9.90 Å². The van der Waals surface area contributed by atoms with Crippen molar-refractivity contribution in [3.8, 4) is 0 Å². The molecule has 1 aromatic carbocycles. The third-order valence-electron chi connectivity index (χ3n) is 3.57. The van der Waals surface area contributed by atoms with Crippen LogP contribution >= 0.6 is 0 Å². The van der Waals surface area contributed by atoms with Crippen LogP contribution < -0.4 is 5.73 Å². The Morgan fingerprint density at radius 1 is 1.50 bits per heavy atom. The van der Waals surface area contributed by atoms with Gasteiger partial charge in [0.25, 0.3) is 0 Å². The van der Waals surface area contributed by atoms with Crippen molar-refractivity contribution >= 4 is 22.7 Å². The maximum absolute atomic E-state index is 11.0. The highest BCUT2D eigenvalue weighted by atomic mass is 16.4. The van der Waals surface area contributed by atoms with E-state index in [-0.39, 0.29) is 6.54 Å². The minimum Gasteiger partial charge on any atom is -0.480 e. The molecule has 5 heteroatoms. The summed E-state index contributed by atoms with van der Waals surface area (Å²) in [6.45, 7) is -0.0355. The predicted octanol–water partition coefficient (Wildman–Crippen LogP) is 1.97. The molecule has 94 valence electrons. The zero-order valence-electron chi connectivity index (χ0n) is 9.97. The Labute approximate surface area is 104 Å². The third-order valence-corrected chi connectivity index (χ3v) is 3.57. The molecule has 0 amide bonds. The predicted molar refractivity (Wildman–Crippen MR) is 68.4 cm³/mol. The number of aromatic nitrogens is 2. The summed E-state index contributed by atoms with van der Waals surface area (Å²) in [5.74, 6) is 0.453. The summed E-state index contributed by atoms with van der Waals surface area (Å²) in [7, 11) is 0. The van der Waals surface area contributed by atoms with Crippen LogP contribution in [0.4, 0.5) is 5.69 Å². The molecule has 1 aliphatic carbocycles. The van der Waals surface area contributed by atoms with Crippen LogP contribution in [0.25, 0.3) is 11.0 Å². The second kappa shape index (κ2) is 4.01. The zero-order chi connectivity index (χ0) is 12.7. The van der Waals surface area contributed by atoms with Crippen LogP contribution in [0.1, 0.15) is 31.0 Å². The molecule has 3 N–H and O–H groups in total. The molecule has 1 fully saturated rings. The summed E-state index contributed by atoms with van der Waals surface area (Å²) in [6.07, 6.45) is 3.39. The molecule has 0 radical (unpaired) electrons. The molecule has 2 aromatic rings. The third kappa shape index (κ3) is 1.72. The highest BCUT2D eigenvalue weighted by Crippen LogP contribution is 2.37. The van der Waals surface area contributed by atoms with Gasteiger partial charge in [-0.25, -0.2) is 4.98 Å². The Bertz CT molecular complexity index is 614. The van der Waals surface area contributed by atoms with Crippen LogP contribution in [0.15, 0.2) is 18.2 Å². The molecule has 1 heterocycles. The number of fused-ring (bicyclic) bond motifs is 1. The van der Waals surface area contributed by atoms with Gasteiger partial charge in [0.1, 0.15) is 12.4 Å². The topological polar surface area (TPSA) is 81.1 Å². The summed E-state index contributed by atoms with van der Waals surface area (Å²) in [4.78, 5) is 15.6. The van der Waals surface area contributed by atoms with Crippen molar-refractivity contribution in [1.29, 1.82) is 0 Å².